The Bertz CT molecular complexity index is 4600. The number of fused-ring (bicyclic) bond motifs is 1. The fraction of sp³-hybridized carbons (Fsp3) is 0.463. The van der Waals surface area contributed by atoms with E-state index in [4.69, 9.17) is 56.0 Å². The Morgan fingerprint density at radius 1 is 0.424 bits per heavy atom. The number of aliphatic hydroxyl groups is 2. The number of halogens is 5. The van der Waals surface area contributed by atoms with Crippen LogP contribution in [0.1, 0.15) is 135 Å². The second-order valence-corrected chi connectivity index (χ2v) is 29.9. The van der Waals surface area contributed by atoms with Crippen LogP contribution in [0, 0.1) is 56.6 Å². The van der Waals surface area contributed by atoms with Gasteiger partial charge in [0.15, 0.2) is 52.9 Å². The molecule has 11 atom stereocenters. The number of carbonyl (C=O) groups is 13. The Hall–Kier alpha value is -13.5. The number of aldehydes is 1. The van der Waals surface area contributed by atoms with Crippen molar-refractivity contribution in [2.75, 3.05) is 39.4 Å². The third-order valence-electron chi connectivity index (χ3n) is 20.3. The lowest BCUT2D eigenvalue weighted by Gasteiger charge is -2.30. The van der Waals surface area contributed by atoms with Gasteiger partial charge in [0.25, 0.3) is 0 Å². The Morgan fingerprint density at radius 2 is 0.800 bits per heavy atom. The number of aliphatic hydroxyl groups excluding tert-OH is 2. The van der Waals surface area contributed by atoms with E-state index in [1.54, 1.807) is 66.7 Å². The number of hydrogen-bond donors (Lipinski definition) is 27. The molecule has 1 aliphatic carbocycles. The number of primary amides is 1. The van der Waals surface area contributed by atoms with E-state index in [9.17, 15) is 62.5 Å². The number of guanidine groups is 4. The lowest BCUT2D eigenvalue weighted by molar-refractivity contribution is -0.136. The zero-order valence-corrected chi connectivity index (χ0v) is 68.3. The molecule has 5 aromatic rings. The topological polar surface area (TPSA) is 698 Å². The molecule has 1 aliphatic rings. The monoisotopic (exact) mass is 1760 g/mol. The van der Waals surface area contributed by atoms with Crippen LogP contribution in [0.4, 0.5) is 22.0 Å². The van der Waals surface area contributed by atoms with Crippen molar-refractivity contribution in [2.45, 2.75) is 188 Å². The summed E-state index contributed by atoms with van der Waals surface area (Å²) in [5.74, 6) is -28.1. The molecule has 33 N–H and O–H groups in total. The number of aromatic amines is 1. The summed E-state index contributed by atoms with van der Waals surface area (Å²) in [6.45, 7) is -2.68. The van der Waals surface area contributed by atoms with Crippen molar-refractivity contribution in [3.05, 3.63) is 142 Å². The number of para-hydroxylation sites is 1. The average Bonchev–Trinajstić information content (AvgIpc) is 1.55. The molecule has 0 saturated heterocycles. The van der Waals surface area contributed by atoms with E-state index in [1.165, 1.54) is 18.3 Å². The van der Waals surface area contributed by atoms with Crippen LogP contribution in [0.3, 0.4) is 0 Å². The van der Waals surface area contributed by atoms with Crippen LogP contribution in [0.2, 0.25) is 0 Å². The molecule has 11 amide bonds. The minimum atomic E-state index is -2.62. The molecule has 0 spiro atoms. The zero-order chi connectivity index (χ0) is 92.0. The highest BCUT2D eigenvalue weighted by Crippen LogP contribution is 2.29. The van der Waals surface area contributed by atoms with Crippen molar-refractivity contribution >= 4 is 112 Å². The number of benzene rings is 4. The van der Waals surface area contributed by atoms with Crippen LogP contribution in [-0.2, 0) is 76.8 Å². The van der Waals surface area contributed by atoms with Crippen molar-refractivity contribution in [3.63, 3.8) is 0 Å². The van der Waals surface area contributed by atoms with Gasteiger partial charge in [0, 0.05) is 79.2 Å². The van der Waals surface area contributed by atoms with Crippen molar-refractivity contribution < 1.29 is 94.5 Å². The molecular formula is C80H110F5N25O15. The number of nitrogens with two attached hydrogens (primary N) is 6. The molecule has 1 saturated carbocycles. The molecule has 1 fully saturated rings. The summed E-state index contributed by atoms with van der Waals surface area (Å²) in [5, 5.41) is 86.6. The summed E-state index contributed by atoms with van der Waals surface area (Å²) in [5.41, 5.74) is 34.1. The SMILES string of the molecule is N=C(N)NCCC[C@H](C=O)NC(=O)[C@@H](CCC(N)=O)NC(=O)[C@@H](CCCNC(=N)N)NC(=O)[C@@H](CCCNC(=N)N)NC(=O)[C@@H](CCCNC(=N)N)NC(=O)[C@@H](CC1CCCCC1)NC(=O)[C@@H](Cc1c(F)c(F)c(F)c(F)c1F)NC(=O)[C@@H](CO)NC(=O)[C@@H](Cc1c[nH]c2ccccc12)NC(=O)[C@@H](CO)NC(=O)[C@H](N)Cc1ccc(C(=O)c2ccccc2)cc1. The molecule has 45 heteroatoms. The van der Waals surface area contributed by atoms with Crippen molar-refractivity contribution in [2.24, 2.45) is 40.3 Å². The van der Waals surface area contributed by atoms with E-state index in [-0.39, 0.29) is 95.7 Å². The molecule has 0 aliphatic heterocycles. The highest BCUT2D eigenvalue weighted by Gasteiger charge is 2.39. The smallest absolute Gasteiger partial charge is 0.245 e. The Morgan fingerprint density at radius 3 is 1.26 bits per heavy atom. The van der Waals surface area contributed by atoms with Crippen molar-refractivity contribution in [1.82, 2.24) is 79.4 Å². The maximum atomic E-state index is 15.9. The van der Waals surface area contributed by atoms with Gasteiger partial charge in [-0.05, 0) is 93.7 Å². The van der Waals surface area contributed by atoms with Gasteiger partial charge in [-0.1, -0.05) is 105 Å². The molecule has 0 unspecified atom stereocenters. The van der Waals surface area contributed by atoms with E-state index in [0.29, 0.717) is 65.1 Å². The predicted molar refractivity (Wildman–Crippen MR) is 446 cm³/mol. The first kappa shape index (κ1) is 100. The van der Waals surface area contributed by atoms with E-state index in [2.05, 4.69) is 79.4 Å². The van der Waals surface area contributed by atoms with Gasteiger partial charge in [-0.3, -0.25) is 79.2 Å². The number of ketones is 1. The molecule has 6 rings (SSSR count). The Labute approximate surface area is 714 Å². The highest BCUT2D eigenvalue weighted by molar-refractivity contribution is 6.09. The summed E-state index contributed by atoms with van der Waals surface area (Å²) in [7, 11) is 0. The van der Waals surface area contributed by atoms with Gasteiger partial charge in [-0.2, -0.15) is 0 Å². The number of aromatic nitrogens is 1. The molecule has 0 radical (unpaired) electrons. The van der Waals surface area contributed by atoms with Gasteiger partial charge in [0.1, 0.15) is 60.7 Å². The lowest BCUT2D eigenvalue weighted by atomic mass is 9.84. The second kappa shape index (κ2) is 50.8. The van der Waals surface area contributed by atoms with Crippen LogP contribution in [0.5, 0.6) is 0 Å². The van der Waals surface area contributed by atoms with Gasteiger partial charge >= 0.3 is 0 Å². The summed E-state index contributed by atoms with van der Waals surface area (Å²) < 4.78 is 76.9. The number of amides is 11. The van der Waals surface area contributed by atoms with Crippen LogP contribution in [0.15, 0.2) is 85.1 Å². The molecule has 1 heterocycles. The fourth-order valence-electron chi connectivity index (χ4n) is 13.7. The van der Waals surface area contributed by atoms with Crippen LogP contribution in [0.25, 0.3) is 10.9 Å². The zero-order valence-electron chi connectivity index (χ0n) is 68.3. The third kappa shape index (κ3) is 32.7. The second-order valence-electron chi connectivity index (χ2n) is 29.9. The molecular weight excluding hydrogens is 1650 g/mol. The van der Waals surface area contributed by atoms with Gasteiger partial charge in [-0.15, -0.1) is 0 Å². The Balaban J connectivity index is 1.31. The van der Waals surface area contributed by atoms with Gasteiger partial charge in [0.2, 0.25) is 70.8 Å². The van der Waals surface area contributed by atoms with E-state index in [1.807, 2.05) is 0 Å². The summed E-state index contributed by atoms with van der Waals surface area (Å²) in [4.78, 5) is 186. The number of rotatable bonds is 52. The number of H-pyrrole nitrogens is 1. The standard InChI is InChI=1S/C80H110F5N25O15/c81-61-48(62(82)64(84)65(85)63(61)83)36-57(108-76(125)59(40-113)110-73(122)56(35-45-37-100-50-19-8-7-18-47(45)50)107-75(124)58(39-112)109-67(116)49(86)33-42-23-25-44(26-24-42)66(115)43-15-5-2-6-16-43)74(123)106-55(34-41-13-3-1-4-14-41)72(121)104-53(22-12-32-99-80(94)95)70(119)102-51(20-10-30-97-78(90)91)69(118)103-52(21-11-31-98-79(92)93)71(120)105-54(27-28-60(87)114)68(117)101-46(38-111)17-9-29-96-77(88)89/h2,5-8,15-16,18-19,23-26,37-38,41,46,49,51-59,100,112-113H,1,3-4,9-14,17,20-22,27-36,39-40,86H2,(H2,87,114)(H,101,117)(H,102,119)(H,103,118)(H,104,121)(H,105,120)(H,106,123)(H,107,124)(H,108,125)(H,109,116)(H,110,122)(H4,88,89,96)(H4,90,91,97)(H4,92,93,98)(H4,94,95,99)/t46-,49-,51-,52-,53-,54-,55-,56-,57-,58-,59-/m1/s1. The molecule has 40 nitrogen and oxygen atoms in total. The Kier molecular flexibility index (Phi) is 40.8. The van der Waals surface area contributed by atoms with Crippen LogP contribution < -0.4 is 109 Å². The molecule has 4 aromatic carbocycles. The van der Waals surface area contributed by atoms with Gasteiger partial charge < -0.3 is 129 Å². The highest BCUT2D eigenvalue weighted by atomic mass is 19.2. The minimum absolute atomic E-state index is 0.0221. The van der Waals surface area contributed by atoms with Crippen LogP contribution in [-0.4, -0.2) is 222 Å². The fourth-order valence-corrected chi connectivity index (χ4v) is 13.7. The van der Waals surface area contributed by atoms with Crippen molar-refractivity contribution in [3.8, 4) is 0 Å². The van der Waals surface area contributed by atoms with Crippen molar-refractivity contribution in [1.29, 1.82) is 21.6 Å². The lowest BCUT2D eigenvalue weighted by Crippen LogP contribution is -2.62. The number of hydrogen-bond acceptors (Lipinski definition) is 20. The first-order valence-electron chi connectivity index (χ1n) is 40.3. The van der Waals surface area contributed by atoms with Crippen LogP contribution >= 0.6 is 0 Å². The summed E-state index contributed by atoms with van der Waals surface area (Å²) in [6.07, 6.45) is 0.172. The van der Waals surface area contributed by atoms with E-state index >= 15 is 31.9 Å². The number of nitrogens with one attached hydrogen (secondary N) is 19. The number of carbonyl (C=O) groups excluding carboxylic acids is 13. The minimum Gasteiger partial charge on any atom is -0.394 e. The quantitative estimate of drug-likeness (QED) is 0.00266. The van der Waals surface area contributed by atoms with E-state index < -0.39 is 235 Å². The molecule has 0 bridgehead atoms. The van der Waals surface area contributed by atoms with Gasteiger partial charge in [-0.25, -0.2) is 22.0 Å². The van der Waals surface area contributed by atoms with E-state index in [0.717, 1.165) is 6.42 Å². The summed E-state index contributed by atoms with van der Waals surface area (Å²) in [6, 6.07) is 1.71. The largest absolute Gasteiger partial charge is 0.394 e. The average molecular weight is 1760 g/mol. The summed E-state index contributed by atoms with van der Waals surface area (Å²) >= 11 is 0. The maximum absolute atomic E-state index is 15.9. The third-order valence-corrected chi connectivity index (χ3v) is 20.3. The maximum Gasteiger partial charge on any atom is 0.245 e. The predicted octanol–water partition coefficient (Wildman–Crippen LogP) is -3.23. The van der Waals surface area contributed by atoms with Gasteiger partial charge in [0.05, 0.1) is 25.3 Å². The first-order chi connectivity index (χ1) is 59.5. The molecule has 680 valence electrons. The normalized spacial score (nSPS) is 14.6. The first-order valence-corrected chi connectivity index (χ1v) is 40.3. The molecule has 1 aromatic heterocycles. The molecule has 125 heavy (non-hydrogen) atoms.